The van der Waals surface area contributed by atoms with Crippen molar-refractivity contribution in [1.29, 1.82) is 0 Å². The minimum absolute atomic E-state index is 0.0554. The normalized spacial score (nSPS) is 10.6. The van der Waals surface area contributed by atoms with Gasteiger partial charge in [-0.25, -0.2) is 0 Å². The molecule has 25 heavy (non-hydrogen) atoms. The fraction of sp³-hybridized carbons (Fsp3) is 0.167. The SMILES string of the molecule is Cn1c(SCCC(=O)Nc2cccc(Cl)c2)nnc1-c1ccccc1. The molecule has 128 valence electrons. The molecule has 0 spiro atoms. The minimum atomic E-state index is -0.0554. The fourth-order valence-corrected chi connectivity index (χ4v) is 3.34. The average molecular weight is 373 g/mol. The standard InChI is InChI=1S/C18H17ClN4OS/c1-23-17(13-6-3-2-4-7-13)21-22-18(23)25-11-10-16(24)20-15-9-5-8-14(19)12-15/h2-9,12H,10-11H2,1H3,(H,20,24). The quantitative estimate of drug-likeness (QED) is 0.657. The summed E-state index contributed by atoms with van der Waals surface area (Å²) in [4.78, 5) is 12.0. The molecule has 5 nitrogen and oxygen atoms in total. The molecular formula is C18H17ClN4OS. The highest BCUT2D eigenvalue weighted by Gasteiger charge is 2.11. The van der Waals surface area contributed by atoms with Crippen molar-refractivity contribution in [2.45, 2.75) is 11.6 Å². The zero-order valence-corrected chi connectivity index (χ0v) is 15.2. The number of hydrogen-bond donors (Lipinski definition) is 1. The summed E-state index contributed by atoms with van der Waals surface area (Å²) in [5.41, 5.74) is 1.72. The second kappa shape index (κ2) is 8.18. The lowest BCUT2D eigenvalue weighted by Gasteiger charge is -2.06. The van der Waals surface area contributed by atoms with E-state index in [9.17, 15) is 4.79 Å². The van der Waals surface area contributed by atoms with Gasteiger partial charge in [0, 0.05) is 35.5 Å². The number of halogens is 1. The monoisotopic (exact) mass is 372 g/mol. The van der Waals surface area contributed by atoms with Gasteiger partial charge in [-0.3, -0.25) is 4.79 Å². The predicted molar refractivity (Wildman–Crippen MR) is 102 cm³/mol. The van der Waals surface area contributed by atoms with Crippen LogP contribution < -0.4 is 5.32 Å². The summed E-state index contributed by atoms with van der Waals surface area (Å²) in [6, 6.07) is 17.0. The maximum atomic E-state index is 12.0. The average Bonchev–Trinajstić information content (AvgIpc) is 2.96. The molecule has 0 aliphatic heterocycles. The number of thioether (sulfide) groups is 1. The van der Waals surface area contributed by atoms with E-state index in [1.165, 1.54) is 11.8 Å². The maximum Gasteiger partial charge on any atom is 0.225 e. The molecule has 1 N–H and O–H groups in total. The third-order valence-corrected chi connectivity index (χ3v) is 4.79. The van der Waals surface area contributed by atoms with Crippen LogP contribution in [0.2, 0.25) is 5.02 Å². The Bertz CT molecular complexity index is 867. The second-order valence-electron chi connectivity index (χ2n) is 5.39. The summed E-state index contributed by atoms with van der Waals surface area (Å²) >= 11 is 7.42. The zero-order chi connectivity index (χ0) is 17.6. The van der Waals surface area contributed by atoms with Gasteiger partial charge in [-0.1, -0.05) is 59.8 Å². The van der Waals surface area contributed by atoms with Gasteiger partial charge in [-0.15, -0.1) is 10.2 Å². The van der Waals surface area contributed by atoms with Crippen molar-refractivity contribution in [3.63, 3.8) is 0 Å². The lowest BCUT2D eigenvalue weighted by atomic mass is 10.2. The highest BCUT2D eigenvalue weighted by atomic mass is 35.5. The van der Waals surface area contributed by atoms with Crippen LogP contribution in [0, 0.1) is 0 Å². The van der Waals surface area contributed by atoms with Crippen LogP contribution in [0.4, 0.5) is 5.69 Å². The van der Waals surface area contributed by atoms with Crippen molar-refractivity contribution in [3.8, 4) is 11.4 Å². The molecule has 0 atom stereocenters. The van der Waals surface area contributed by atoms with E-state index in [1.807, 2.05) is 48.0 Å². The van der Waals surface area contributed by atoms with E-state index >= 15 is 0 Å². The van der Waals surface area contributed by atoms with Crippen LogP contribution in [0.1, 0.15) is 6.42 Å². The van der Waals surface area contributed by atoms with Gasteiger partial charge in [0.05, 0.1) is 0 Å². The van der Waals surface area contributed by atoms with Gasteiger partial charge >= 0.3 is 0 Å². The molecule has 0 saturated heterocycles. The third kappa shape index (κ3) is 4.61. The van der Waals surface area contributed by atoms with E-state index in [4.69, 9.17) is 11.6 Å². The van der Waals surface area contributed by atoms with Crippen LogP contribution in [0.25, 0.3) is 11.4 Å². The lowest BCUT2D eigenvalue weighted by Crippen LogP contribution is -2.12. The van der Waals surface area contributed by atoms with E-state index in [2.05, 4.69) is 15.5 Å². The number of aromatic nitrogens is 3. The Morgan fingerprint density at radius 3 is 2.72 bits per heavy atom. The van der Waals surface area contributed by atoms with Crippen LogP contribution >= 0.6 is 23.4 Å². The molecule has 0 saturated carbocycles. The summed E-state index contributed by atoms with van der Waals surface area (Å²) < 4.78 is 1.94. The van der Waals surface area contributed by atoms with Gasteiger partial charge in [-0.2, -0.15) is 0 Å². The predicted octanol–water partition coefficient (Wildman–Crippen LogP) is 4.26. The highest BCUT2D eigenvalue weighted by molar-refractivity contribution is 7.99. The Labute approximate surface area is 155 Å². The Morgan fingerprint density at radius 1 is 1.16 bits per heavy atom. The molecule has 1 amide bonds. The van der Waals surface area contributed by atoms with Crippen LogP contribution in [0.3, 0.4) is 0 Å². The molecule has 3 aromatic rings. The molecule has 0 aliphatic carbocycles. The third-order valence-electron chi connectivity index (χ3n) is 3.54. The van der Waals surface area contributed by atoms with Gasteiger partial charge in [0.2, 0.25) is 5.91 Å². The summed E-state index contributed by atoms with van der Waals surface area (Å²) in [5, 5.41) is 12.7. The number of nitrogens with one attached hydrogen (secondary N) is 1. The summed E-state index contributed by atoms with van der Waals surface area (Å²) in [5.74, 6) is 1.37. The van der Waals surface area contributed by atoms with Gasteiger partial charge in [0.15, 0.2) is 11.0 Å². The number of hydrogen-bond acceptors (Lipinski definition) is 4. The van der Waals surface area contributed by atoms with E-state index < -0.39 is 0 Å². The number of amides is 1. The van der Waals surface area contributed by atoms with Gasteiger partial charge < -0.3 is 9.88 Å². The summed E-state index contributed by atoms with van der Waals surface area (Å²) in [7, 11) is 1.93. The minimum Gasteiger partial charge on any atom is -0.326 e. The van der Waals surface area contributed by atoms with Gasteiger partial charge in [-0.05, 0) is 18.2 Å². The number of benzene rings is 2. The number of carbonyl (C=O) groups excluding carboxylic acids is 1. The van der Waals surface area contributed by atoms with Crippen LogP contribution in [-0.2, 0) is 11.8 Å². The van der Waals surface area contributed by atoms with Crippen LogP contribution in [0.5, 0.6) is 0 Å². The Morgan fingerprint density at radius 2 is 1.96 bits per heavy atom. The first-order chi connectivity index (χ1) is 12.1. The van der Waals surface area contributed by atoms with Crippen molar-refractivity contribution in [1.82, 2.24) is 14.8 Å². The summed E-state index contributed by atoms with van der Waals surface area (Å²) in [6.07, 6.45) is 0.380. The number of nitrogens with zero attached hydrogens (tertiary/aromatic N) is 3. The van der Waals surface area contributed by atoms with E-state index in [0.29, 0.717) is 22.9 Å². The second-order valence-corrected chi connectivity index (χ2v) is 6.89. The molecule has 0 fully saturated rings. The first-order valence-electron chi connectivity index (χ1n) is 7.76. The summed E-state index contributed by atoms with van der Waals surface area (Å²) in [6.45, 7) is 0. The maximum absolute atomic E-state index is 12.0. The highest BCUT2D eigenvalue weighted by Crippen LogP contribution is 2.23. The topological polar surface area (TPSA) is 59.8 Å². The van der Waals surface area contributed by atoms with Crippen molar-refractivity contribution in [2.24, 2.45) is 7.05 Å². The Balaban J connectivity index is 1.54. The largest absolute Gasteiger partial charge is 0.326 e. The molecule has 2 aromatic carbocycles. The molecule has 0 bridgehead atoms. The molecule has 3 rings (SSSR count). The Kier molecular flexibility index (Phi) is 5.73. The number of carbonyl (C=O) groups is 1. The molecule has 1 aromatic heterocycles. The fourth-order valence-electron chi connectivity index (χ4n) is 2.30. The van der Waals surface area contributed by atoms with Crippen LogP contribution in [0.15, 0.2) is 59.8 Å². The first kappa shape index (κ1) is 17.5. The van der Waals surface area contributed by atoms with Crippen molar-refractivity contribution >= 4 is 35.0 Å². The molecule has 0 radical (unpaired) electrons. The van der Waals surface area contributed by atoms with E-state index in [1.54, 1.807) is 18.2 Å². The number of rotatable bonds is 6. The van der Waals surface area contributed by atoms with E-state index in [-0.39, 0.29) is 5.91 Å². The zero-order valence-electron chi connectivity index (χ0n) is 13.6. The lowest BCUT2D eigenvalue weighted by molar-refractivity contribution is -0.115. The Hall–Kier alpha value is -2.31. The van der Waals surface area contributed by atoms with Crippen molar-refractivity contribution < 1.29 is 4.79 Å². The number of anilines is 1. The van der Waals surface area contributed by atoms with Crippen LogP contribution in [-0.4, -0.2) is 26.4 Å². The smallest absolute Gasteiger partial charge is 0.225 e. The van der Waals surface area contributed by atoms with Gasteiger partial charge in [0.25, 0.3) is 0 Å². The molecule has 1 heterocycles. The molecular weight excluding hydrogens is 356 g/mol. The molecule has 0 aliphatic rings. The van der Waals surface area contributed by atoms with E-state index in [0.717, 1.165) is 16.5 Å². The molecule has 0 unspecified atom stereocenters. The molecule has 7 heteroatoms. The first-order valence-corrected chi connectivity index (χ1v) is 9.13. The van der Waals surface area contributed by atoms with Crippen molar-refractivity contribution in [2.75, 3.05) is 11.1 Å². The van der Waals surface area contributed by atoms with Gasteiger partial charge in [0.1, 0.15) is 0 Å². The van der Waals surface area contributed by atoms with Crippen molar-refractivity contribution in [3.05, 3.63) is 59.6 Å².